The van der Waals surface area contributed by atoms with E-state index in [4.69, 9.17) is 0 Å². The molecule has 0 atom stereocenters. The molecule has 2 aromatic carbocycles. The highest BCUT2D eigenvalue weighted by atomic mass is 19.3. The van der Waals surface area contributed by atoms with E-state index < -0.39 is 12.5 Å². The number of nitrogens with zero attached hydrogens (tertiary/aromatic N) is 1. The maximum atomic E-state index is 12.2. The number of rotatable bonds is 5. The average molecular weight is 306 g/mol. The van der Waals surface area contributed by atoms with Crippen LogP contribution in [0.1, 0.15) is 10.4 Å². The number of carbonyl (C=O) groups is 1. The predicted octanol–water partition coefficient (Wildman–Crippen LogP) is 3.61. The summed E-state index contributed by atoms with van der Waals surface area (Å²) in [6.45, 7) is -2.92. The van der Waals surface area contributed by atoms with E-state index in [1.165, 1.54) is 24.3 Å². The van der Waals surface area contributed by atoms with Crippen LogP contribution in [-0.4, -0.2) is 26.6 Å². The monoisotopic (exact) mass is 306 g/mol. The van der Waals surface area contributed by atoms with Crippen LogP contribution < -0.4 is 15.0 Å². The molecule has 0 heterocycles. The van der Waals surface area contributed by atoms with E-state index >= 15 is 0 Å². The highest BCUT2D eigenvalue weighted by molar-refractivity contribution is 6.04. The largest absolute Gasteiger partial charge is 0.435 e. The van der Waals surface area contributed by atoms with Crippen molar-refractivity contribution in [2.75, 3.05) is 24.3 Å². The Morgan fingerprint density at radius 2 is 1.82 bits per heavy atom. The average Bonchev–Trinajstić information content (AvgIpc) is 2.47. The summed E-state index contributed by atoms with van der Waals surface area (Å²) >= 11 is 0. The van der Waals surface area contributed by atoms with Gasteiger partial charge < -0.3 is 15.0 Å². The Bertz CT molecular complexity index is 643. The highest BCUT2D eigenvalue weighted by Crippen LogP contribution is 2.19. The number of hydrogen-bond donors (Lipinski definition) is 1. The molecule has 116 valence electrons. The lowest BCUT2D eigenvalue weighted by Crippen LogP contribution is -2.13. The standard InChI is InChI=1S/C16H16F2N2O2/c1-20(2)13-8-6-12(7-9-13)19-15(21)11-4-3-5-14(10-11)22-16(17)18/h3-10,16H,1-2H3,(H,19,21). The highest BCUT2D eigenvalue weighted by Gasteiger charge is 2.10. The van der Waals surface area contributed by atoms with Gasteiger partial charge in [0.05, 0.1) is 0 Å². The third kappa shape index (κ3) is 4.18. The number of hydrogen-bond acceptors (Lipinski definition) is 3. The molecule has 0 fully saturated rings. The van der Waals surface area contributed by atoms with Crippen LogP contribution in [0.2, 0.25) is 0 Å². The zero-order valence-electron chi connectivity index (χ0n) is 12.2. The lowest BCUT2D eigenvalue weighted by molar-refractivity contribution is -0.0498. The smallest absolute Gasteiger partial charge is 0.387 e. The van der Waals surface area contributed by atoms with Gasteiger partial charge in [-0.15, -0.1) is 0 Å². The second-order valence-corrected chi connectivity index (χ2v) is 4.80. The van der Waals surface area contributed by atoms with Gasteiger partial charge in [0.2, 0.25) is 0 Å². The molecule has 0 aliphatic carbocycles. The topological polar surface area (TPSA) is 41.6 Å². The zero-order valence-corrected chi connectivity index (χ0v) is 12.2. The summed E-state index contributed by atoms with van der Waals surface area (Å²) < 4.78 is 28.6. The molecule has 2 aromatic rings. The van der Waals surface area contributed by atoms with Gasteiger partial charge in [-0.3, -0.25) is 4.79 Å². The van der Waals surface area contributed by atoms with E-state index in [-0.39, 0.29) is 11.3 Å². The van der Waals surface area contributed by atoms with Gasteiger partial charge in [-0.2, -0.15) is 8.78 Å². The fraction of sp³-hybridized carbons (Fsp3) is 0.188. The molecule has 1 amide bonds. The van der Waals surface area contributed by atoms with Crippen molar-refractivity contribution in [3.8, 4) is 5.75 Å². The fourth-order valence-corrected chi connectivity index (χ4v) is 1.86. The van der Waals surface area contributed by atoms with Gasteiger partial charge in [-0.25, -0.2) is 0 Å². The minimum atomic E-state index is -2.92. The van der Waals surface area contributed by atoms with E-state index in [0.29, 0.717) is 5.69 Å². The van der Waals surface area contributed by atoms with Gasteiger partial charge in [0.25, 0.3) is 5.91 Å². The molecule has 0 aliphatic heterocycles. The number of benzene rings is 2. The fourth-order valence-electron chi connectivity index (χ4n) is 1.86. The number of ether oxygens (including phenoxy) is 1. The Kier molecular flexibility index (Phi) is 4.93. The van der Waals surface area contributed by atoms with Crippen molar-refractivity contribution in [3.05, 3.63) is 54.1 Å². The Balaban J connectivity index is 2.08. The van der Waals surface area contributed by atoms with Crippen LogP contribution in [-0.2, 0) is 0 Å². The van der Waals surface area contributed by atoms with Crippen molar-refractivity contribution in [3.63, 3.8) is 0 Å². The molecule has 1 N–H and O–H groups in total. The second kappa shape index (κ2) is 6.89. The van der Waals surface area contributed by atoms with Crippen LogP contribution in [0.15, 0.2) is 48.5 Å². The summed E-state index contributed by atoms with van der Waals surface area (Å²) in [5.41, 5.74) is 1.87. The van der Waals surface area contributed by atoms with Crippen LogP contribution in [0, 0.1) is 0 Å². The summed E-state index contributed by atoms with van der Waals surface area (Å²) in [7, 11) is 3.84. The Hall–Kier alpha value is -2.63. The van der Waals surface area contributed by atoms with Crippen LogP contribution in [0.5, 0.6) is 5.75 Å². The molecule has 0 aliphatic rings. The molecule has 0 bridgehead atoms. The van der Waals surface area contributed by atoms with E-state index in [9.17, 15) is 13.6 Å². The first kappa shape index (κ1) is 15.8. The number of halogens is 2. The van der Waals surface area contributed by atoms with Crippen LogP contribution in [0.25, 0.3) is 0 Å². The quantitative estimate of drug-likeness (QED) is 0.917. The minimum Gasteiger partial charge on any atom is -0.435 e. The first-order valence-electron chi connectivity index (χ1n) is 6.59. The van der Waals surface area contributed by atoms with E-state index in [0.717, 1.165) is 5.69 Å². The minimum absolute atomic E-state index is 0.0504. The zero-order chi connectivity index (χ0) is 16.1. The third-order valence-electron chi connectivity index (χ3n) is 2.96. The van der Waals surface area contributed by atoms with Crippen molar-refractivity contribution < 1.29 is 18.3 Å². The van der Waals surface area contributed by atoms with Gasteiger partial charge in [-0.1, -0.05) is 6.07 Å². The third-order valence-corrected chi connectivity index (χ3v) is 2.96. The lowest BCUT2D eigenvalue weighted by atomic mass is 10.2. The normalized spacial score (nSPS) is 10.4. The molecule has 4 nitrogen and oxygen atoms in total. The molecule has 0 spiro atoms. The summed E-state index contributed by atoms with van der Waals surface area (Å²) in [4.78, 5) is 14.0. The number of anilines is 2. The molecule has 0 saturated carbocycles. The first-order chi connectivity index (χ1) is 10.5. The molecule has 22 heavy (non-hydrogen) atoms. The van der Waals surface area contributed by atoms with Crippen molar-refractivity contribution >= 4 is 17.3 Å². The van der Waals surface area contributed by atoms with E-state index in [1.807, 2.05) is 31.1 Å². The Labute approximate surface area is 127 Å². The number of amides is 1. The number of nitrogens with one attached hydrogen (secondary N) is 1. The summed E-state index contributed by atoms with van der Waals surface area (Å²) in [6, 6.07) is 12.9. The molecule has 0 radical (unpaired) electrons. The van der Waals surface area contributed by atoms with Gasteiger partial charge in [0.15, 0.2) is 0 Å². The first-order valence-corrected chi connectivity index (χ1v) is 6.59. The predicted molar refractivity (Wildman–Crippen MR) is 81.8 cm³/mol. The van der Waals surface area contributed by atoms with Gasteiger partial charge in [0, 0.05) is 31.0 Å². The maximum absolute atomic E-state index is 12.2. The Morgan fingerprint density at radius 3 is 2.41 bits per heavy atom. The summed E-state index contributed by atoms with van der Waals surface area (Å²) in [5.74, 6) is -0.442. The molecule has 0 unspecified atom stereocenters. The van der Waals surface area contributed by atoms with Gasteiger partial charge in [-0.05, 0) is 42.5 Å². The molecule has 0 aromatic heterocycles. The van der Waals surface area contributed by atoms with Crippen molar-refractivity contribution in [2.45, 2.75) is 6.61 Å². The van der Waals surface area contributed by atoms with Crippen LogP contribution in [0.3, 0.4) is 0 Å². The molecular formula is C16H16F2N2O2. The summed E-state index contributed by atoms with van der Waals surface area (Å²) in [5, 5.41) is 2.70. The number of carbonyl (C=O) groups excluding carboxylic acids is 1. The molecule has 0 saturated heterocycles. The van der Waals surface area contributed by atoms with Crippen molar-refractivity contribution in [1.29, 1.82) is 0 Å². The maximum Gasteiger partial charge on any atom is 0.387 e. The van der Waals surface area contributed by atoms with Crippen molar-refractivity contribution in [1.82, 2.24) is 0 Å². The van der Waals surface area contributed by atoms with Gasteiger partial charge >= 0.3 is 6.61 Å². The molecule has 2 rings (SSSR count). The summed E-state index contributed by atoms with van der Waals surface area (Å²) in [6.07, 6.45) is 0. The van der Waals surface area contributed by atoms with Crippen LogP contribution >= 0.6 is 0 Å². The van der Waals surface area contributed by atoms with Crippen LogP contribution in [0.4, 0.5) is 20.2 Å². The number of alkyl halides is 2. The van der Waals surface area contributed by atoms with E-state index in [2.05, 4.69) is 10.1 Å². The van der Waals surface area contributed by atoms with Crippen molar-refractivity contribution in [2.24, 2.45) is 0 Å². The second-order valence-electron chi connectivity index (χ2n) is 4.80. The lowest BCUT2D eigenvalue weighted by Gasteiger charge is -2.13. The SMILES string of the molecule is CN(C)c1ccc(NC(=O)c2cccc(OC(F)F)c2)cc1. The molecule has 6 heteroatoms. The molecular weight excluding hydrogens is 290 g/mol. The van der Waals surface area contributed by atoms with Gasteiger partial charge in [0.1, 0.15) is 5.75 Å². The Morgan fingerprint density at radius 1 is 1.14 bits per heavy atom. The van der Waals surface area contributed by atoms with E-state index in [1.54, 1.807) is 12.1 Å².